The molecule has 1 saturated heterocycles. The molecule has 1 aromatic carbocycles. The van der Waals surface area contributed by atoms with E-state index in [0.717, 1.165) is 24.3 Å². The van der Waals surface area contributed by atoms with E-state index in [2.05, 4.69) is 4.72 Å². The monoisotopic (exact) mass is 303 g/mol. The van der Waals surface area contributed by atoms with Crippen molar-refractivity contribution in [2.45, 2.75) is 37.6 Å². The number of hydrogen-bond donors (Lipinski definition) is 1. The Balaban J connectivity index is 2.29. The Morgan fingerprint density at radius 3 is 2.47 bits per heavy atom. The Morgan fingerprint density at radius 1 is 1.32 bits per heavy atom. The van der Waals surface area contributed by atoms with Gasteiger partial charge in [-0.25, -0.2) is 17.5 Å². The van der Waals surface area contributed by atoms with E-state index in [1.54, 1.807) is 25.6 Å². The third kappa shape index (κ3) is 3.49. The molecule has 0 aromatic heterocycles. The van der Waals surface area contributed by atoms with Crippen LogP contribution < -0.4 is 4.72 Å². The van der Waals surface area contributed by atoms with Gasteiger partial charge in [-0.3, -0.25) is 0 Å². The maximum Gasteiger partial charge on any atom is 0.241 e. The zero-order chi connectivity index (χ0) is 14.0. The summed E-state index contributed by atoms with van der Waals surface area (Å²) in [5, 5.41) is 0. The van der Waals surface area contributed by atoms with Gasteiger partial charge in [0.2, 0.25) is 10.0 Å². The van der Waals surface area contributed by atoms with Crippen molar-refractivity contribution in [3.63, 3.8) is 0 Å². The Bertz CT molecular complexity index is 543. The molecule has 3 nitrogen and oxygen atoms in total. The second-order valence-corrected chi connectivity index (χ2v) is 7.70. The Morgan fingerprint density at radius 2 is 1.95 bits per heavy atom. The molecular formula is C13H18FNO2S2. The van der Waals surface area contributed by atoms with Crippen molar-refractivity contribution in [2.24, 2.45) is 0 Å². The van der Waals surface area contributed by atoms with E-state index in [0.29, 0.717) is 11.1 Å². The third-order valence-corrected chi connectivity index (χ3v) is 6.22. The molecule has 2 rings (SSSR count). The highest BCUT2D eigenvalue weighted by Gasteiger charge is 2.25. The lowest BCUT2D eigenvalue weighted by molar-refractivity contribution is 0.541. The second-order valence-electron chi connectivity index (χ2n) is 4.90. The van der Waals surface area contributed by atoms with Crippen LogP contribution in [0.2, 0.25) is 0 Å². The van der Waals surface area contributed by atoms with Crippen LogP contribution in [0.4, 0.5) is 4.39 Å². The summed E-state index contributed by atoms with van der Waals surface area (Å²) in [5.74, 6) is 1.49. The molecule has 1 atom stereocenters. The van der Waals surface area contributed by atoms with E-state index < -0.39 is 15.8 Å². The highest BCUT2D eigenvalue weighted by molar-refractivity contribution is 7.99. The van der Waals surface area contributed by atoms with Crippen LogP contribution in [0.25, 0.3) is 0 Å². The molecule has 1 aromatic rings. The number of thioether (sulfide) groups is 1. The Kier molecular flexibility index (Phi) is 4.53. The van der Waals surface area contributed by atoms with Gasteiger partial charge in [0.1, 0.15) is 5.82 Å². The van der Waals surface area contributed by atoms with Crippen molar-refractivity contribution in [1.29, 1.82) is 0 Å². The average Bonchev–Trinajstić information content (AvgIpc) is 2.27. The molecule has 1 aliphatic rings. The molecule has 0 aliphatic carbocycles. The van der Waals surface area contributed by atoms with Crippen molar-refractivity contribution in [3.05, 3.63) is 29.1 Å². The van der Waals surface area contributed by atoms with Crippen LogP contribution >= 0.6 is 11.8 Å². The predicted octanol–water partition coefficient (Wildman–Crippen LogP) is 2.62. The molecule has 1 N–H and O–H groups in total. The van der Waals surface area contributed by atoms with E-state index in [9.17, 15) is 12.8 Å². The predicted molar refractivity (Wildman–Crippen MR) is 76.5 cm³/mol. The first-order valence-electron chi connectivity index (χ1n) is 6.27. The number of hydrogen-bond acceptors (Lipinski definition) is 3. The normalized spacial score (nSPS) is 20.5. The Hall–Kier alpha value is -0.590. The quantitative estimate of drug-likeness (QED) is 0.933. The summed E-state index contributed by atoms with van der Waals surface area (Å²) < 4.78 is 40.8. The molecule has 1 heterocycles. The van der Waals surface area contributed by atoms with E-state index in [4.69, 9.17) is 0 Å². The minimum Gasteiger partial charge on any atom is -0.207 e. The average molecular weight is 303 g/mol. The zero-order valence-corrected chi connectivity index (χ0v) is 12.7. The van der Waals surface area contributed by atoms with Gasteiger partial charge in [-0.05, 0) is 55.7 Å². The highest BCUT2D eigenvalue weighted by Crippen LogP contribution is 2.24. The summed E-state index contributed by atoms with van der Waals surface area (Å²) in [6.45, 7) is 3.25. The van der Waals surface area contributed by atoms with Crippen LogP contribution in [0.1, 0.15) is 24.0 Å². The first-order chi connectivity index (χ1) is 8.90. The molecule has 106 valence electrons. The topological polar surface area (TPSA) is 46.2 Å². The van der Waals surface area contributed by atoms with Crippen LogP contribution in [0.15, 0.2) is 17.0 Å². The van der Waals surface area contributed by atoms with Gasteiger partial charge >= 0.3 is 0 Å². The lowest BCUT2D eigenvalue weighted by Gasteiger charge is -2.23. The fraction of sp³-hybridized carbons (Fsp3) is 0.538. The summed E-state index contributed by atoms with van der Waals surface area (Å²) in [7, 11) is -3.57. The van der Waals surface area contributed by atoms with Gasteiger partial charge in [0.25, 0.3) is 0 Å². The smallest absolute Gasteiger partial charge is 0.207 e. The zero-order valence-electron chi connectivity index (χ0n) is 11.1. The van der Waals surface area contributed by atoms with Crippen molar-refractivity contribution in [1.82, 2.24) is 4.72 Å². The molecule has 1 fully saturated rings. The Labute approximate surface area is 118 Å². The molecule has 0 spiro atoms. The molecule has 6 heteroatoms. The van der Waals surface area contributed by atoms with Crippen molar-refractivity contribution >= 4 is 21.8 Å². The number of rotatable bonds is 3. The standard InChI is InChI=1S/C13H18FNO2S2/c1-9-6-11(14)7-10(2)13(9)19(16,17)15-12-4-3-5-18-8-12/h6-7,12,15H,3-5,8H2,1-2H3. The van der Waals surface area contributed by atoms with Gasteiger partial charge in [-0.2, -0.15) is 11.8 Å². The number of nitrogens with one attached hydrogen (secondary N) is 1. The summed E-state index contributed by atoms with van der Waals surface area (Å²) in [6.07, 6.45) is 1.89. The van der Waals surface area contributed by atoms with E-state index in [-0.39, 0.29) is 10.9 Å². The number of aryl methyl sites for hydroxylation is 2. The van der Waals surface area contributed by atoms with Crippen LogP contribution in [-0.2, 0) is 10.0 Å². The molecule has 0 bridgehead atoms. The SMILES string of the molecule is Cc1cc(F)cc(C)c1S(=O)(=O)NC1CCCSC1. The maximum atomic E-state index is 13.2. The molecule has 0 radical (unpaired) electrons. The molecule has 1 unspecified atom stereocenters. The van der Waals surface area contributed by atoms with Crippen molar-refractivity contribution in [2.75, 3.05) is 11.5 Å². The van der Waals surface area contributed by atoms with Crippen LogP contribution in [0.3, 0.4) is 0 Å². The largest absolute Gasteiger partial charge is 0.241 e. The van der Waals surface area contributed by atoms with Crippen LogP contribution in [-0.4, -0.2) is 26.0 Å². The summed E-state index contributed by atoms with van der Waals surface area (Å²) >= 11 is 1.76. The van der Waals surface area contributed by atoms with Gasteiger partial charge in [0.15, 0.2) is 0 Å². The van der Waals surface area contributed by atoms with Crippen molar-refractivity contribution < 1.29 is 12.8 Å². The second kappa shape index (κ2) is 5.81. The molecule has 0 amide bonds. The third-order valence-electron chi connectivity index (χ3n) is 3.18. The fourth-order valence-corrected chi connectivity index (χ4v) is 5.33. The fourth-order valence-electron chi connectivity index (χ4n) is 2.43. The van der Waals surface area contributed by atoms with Gasteiger partial charge in [-0.1, -0.05) is 0 Å². The lowest BCUT2D eigenvalue weighted by Crippen LogP contribution is -2.38. The molecule has 0 saturated carbocycles. The van der Waals surface area contributed by atoms with Crippen LogP contribution in [0.5, 0.6) is 0 Å². The minimum absolute atomic E-state index is 0.0207. The summed E-state index contributed by atoms with van der Waals surface area (Å²) in [6, 6.07) is 2.50. The molecular weight excluding hydrogens is 285 g/mol. The van der Waals surface area contributed by atoms with Gasteiger partial charge in [0, 0.05) is 11.8 Å². The minimum atomic E-state index is -3.57. The number of benzene rings is 1. The molecule has 1 aliphatic heterocycles. The maximum absolute atomic E-state index is 13.2. The number of halogens is 1. The van der Waals surface area contributed by atoms with E-state index >= 15 is 0 Å². The van der Waals surface area contributed by atoms with Crippen molar-refractivity contribution in [3.8, 4) is 0 Å². The first kappa shape index (κ1) is 14.8. The van der Waals surface area contributed by atoms with Gasteiger partial charge < -0.3 is 0 Å². The van der Waals surface area contributed by atoms with Crippen LogP contribution in [0, 0.1) is 19.7 Å². The summed E-state index contributed by atoms with van der Waals surface area (Å²) in [5.41, 5.74) is 0.905. The highest BCUT2D eigenvalue weighted by atomic mass is 32.2. The van der Waals surface area contributed by atoms with Gasteiger partial charge in [0.05, 0.1) is 4.90 Å². The number of sulfonamides is 1. The summed E-state index contributed by atoms with van der Waals surface area (Å²) in [4.78, 5) is 0.212. The first-order valence-corrected chi connectivity index (χ1v) is 8.91. The van der Waals surface area contributed by atoms with E-state index in [1.807, 2.05) is 0 Å². The molecule has 19 heavy (non-hydrogen) atoms. The lowest BCUT2D eigenvalue weighted by atomic mass is 10.1. The van der Waals surface area contributed by atoms with Gasteiger partial charge in [-0.15, -0.1) is 0 Å². The van der Waals surface area contributed by atoms with E-state index in [1.165, 1.54) is 12.1 Å².